The van der Waals surface area contributed by atoms with Gasteiger partial charge < -0.3 is 9.84 Å². The van der Waals surface area contributed by atoms with Crippen molar-refractivity contribution >= 4 is 11.9 Å². The predicted molar refractivity (Wildman–Crippen MR) is 28.8 cm³/mol. The molecule has 10 heavy (non-hydrogen) atoms. The van der Waals surface area contributed by atoms with Crippen molar-refractivity contribution in [1.29, 1.82) is 0 Å². The van der Waals surface area contributed by atoms with Gasteiger partial charge in [0, 0.05) is 29.2 Å². The number of hydrogen-bond donors (Lipinski definition) is 1. The molecule has 0 aromatic rings. The summed E-state index contributed by atoms with van der Waals surface area (Å²) in [5, 5.41) is 7.96. The summed E-state index contributed by atoms with van der Waals surface area (Å²) < 4.78 is 4.11. The van der Waals surface area contributed by atoms with Gasteiger partial charge in [-0.2, -0.15) is 0 Å². The summed E-state index contributed by atoms with van der Waals surface area (Å²) in [6.07, 6.45) is 1.55. The van der Waals surface area contributed by atoms with Gasteiger partial charge in [0.05, 0.1) is 7.11 Å². The molecule has 0 fully saturated rings. The van der Waals surface area contributed by atoms with E-state index in [9.17, 15) is 9.59 Å². The van der Waals surface area contributed by atoms with Crippen LogP contribution in [0.3, 0.4) is 0 Å². The minimum atomic E-state index is -1.17. The molecule has 0 aromatic carbocycles. The number of hydrogen-bond acceptors (Lipinski definition) is 3. The molecule has 0 unspecified atom stereocenters. The van der Waals surface area contributed by atoms with E-state index < -0.39 is 11.9 Å². The zero-order valence-electron chi connectivity index (χ0n) is 5.18. The van der Waals surface area contributed by atoms with E-state index in [2.05, 4.69) is 4.74 Å². The van der Waals surface area contributed by atoms with Crippen LogP contribution in [0.15, 0.2) is 12.2 Å². The summed E-state index contributed by atoms with van der Waals surface area (Å²) in [6, 6.07) is 0. The molecule has 4 nitrogen and oxygen atoms in total. The number of carbonyl (C=O) groups excluding carboxylic acids is 1. The van der Waals surface area contributed by atoms with Gasteiger partial charge in [-0.15, -0.1) is 0 Å². The number of carboxylic acids is 1. The summed E-state index contributed by atoms with van der Waals surface area (Å²) in [7, 11) is 1.18. The molecular formula is C5H6FeO4. The first-order valence-corrected chi connectivity index (χ1v) is 2.15. The Hall–Kier alpha value is -0.801. The Kier molecular flexibility index (Phi) is 7.54. The van der Waals surface area contributed by atoms with E-state index in [1.54, 1.807) is 0 Å². The third kappa shape index (κ3) is 7.20. The fourth-order valence-electron chi connectivity index (χ4n) is 0.207. The fraction of sp³-hybridized carbons (Fsp3) is 0.200. The quantitative estimate of drug-likeness (QED) is 0.368. The van der Waals surface area contributed by atoms with E-state index in [1.807, 2.05) is 0 Å². The number of aliphatic carboxylic acids is 1. The molecule has 0 saturated carbocycles. The van der Waals surface area contributed by atoms with E-state index in [0.717, 1.165) is 6.08 Å². The first-order valence-electron chi connectivity index (χ1n) is 2.15. The average molecular weight is 186 g/mol. The van der Waals surface area contributed by atoms with Crippen molar-refractivity contribution in [2.45, 2.75) is 0 Å². The second kappa shape index (κ2) is 6.32. The van der Waals surface area contributed by atoms with Crippen molar-refractivity contribution in [3.63, 3.8) is 0 Å². The van der Waals surface area contributed by atoms with Crippen molar-refractivity contribution in [3.8, 4) is 0 Å². The Labute approximate surface area is 68.3 Å². The summed E-state index contributed by atoms with van der Waals surface area (Å²) >= 11 is 0. The van der Waals surface area contributed by atoms with Gasteiger partial charge in [0.15, 0.2) is 0 Å². The van der Waals surface area contributed by atoms with Crippen LogP contribution in [0, 0.1) is 0 Å². The van der Waals surface area contributed by atoms with Crippen molar-refractivity contribution < 1.29 is 36.5 Å². The van der Waals surface area contributed by atoms with Gasteiger partial charge in [-0.3, -0.25) is 0 Å². The van der Waals surface area contributed by atoms with Crippen LogP contribution >= 0.6 is 0 Å². The summed E-state index contributed by atoms with van der Waals surface area (Å²) in [6.45, 7) is 0. The second-order valence-electron chi connectivity index (χ2n) is 1.19. The number of rotatable bonds is 2. The number of ether oxygens (including phenoxy) is 1. The van der Waals surface area contributed by atoms with Gasteiger partial charge in [0.25, 0.3) is 0 Å². The van der Waals surface area contributed by atoms with Gasteiger partial charge in [0.1, 0.15) is 0 Å². The number of methoxy groups -OCH3 is 1. The molecule has 0 amide bonds. The molecule has 5 heteroatoms. The Morgan fingerprint density at radius 1 is 1.40 bits per heavy atom. The second-order valence-corrected chi connectivity index (χ2v) is 1.19. The van der Waals surface area contributed by atoms with E-state index in [-0.39, 0.29) is 17.1 Å². The summed E-state index contributed by atoms with van der Waals surface area (Å²) in [4.78, 5) is 19.9. The van der Waals surface area contributed by atoms with E-state index in [1.165, 1.54) is 7.11 Å². The van der Waals surface area contributed by atoms with Crippen molar-refractivity contribution in [3.05, 3.63) is 12.2 Å². The number of carboxylic acid groups (broad SMARTS) is 1. The molecule has 1 N–H and O–H groups in total. The molecule has 0 aromatic heterocycles. The third-order valence-corrected chi connectivity index (χ3v) is 0.563. The maximum absolute atomic E-state index is 10.1. The van der Waals surface area contributed by atoms with Crippen LogP contribution in [-0.2, 0) is 31.4 Å². The van der Waals surface area contributed by atoms with Gasteiger partial charge in [-0.1, -0.05) is 0 Å². The normalized spacial score (nSPS) is 8.50. The van der Waals surface area contributed by atoms with Crippen molar-refractivity contribution in [1.82, 2.24) is 0 Å². The molecule has 0 rings (SSSR count). The smallest absolute Gasteiger partial charge is 0.330 e. The molecule has 0 saturated heterocycles. The SMILES string of the molecule is COC(=O)/C=C/C(=O)O.[Fe]. The minimum Gasteiger partial charge on any atom is -0.478 e. The Bertz CT molecular complexity index is 152. The molecule has 0 spiro atoms. The molecule has 0 bridgehead atoms. The fourth-order valence-corrected chi connectivity index (χ4v) is 0.207. The molecule has 0 aliphatic rings. The molecule has 58 valence electrons. The number of carbonyl (C=O) groups is 2. The van der Waals surface area contributed by atoms with Crippen LogP contribution < -0.4 is 0 Å². The van der Waals surface area contributed by atoms with Crippen LogP contribution in [-0.4, -0.2) is 24.2 Å². The predicted octanol–water partition coefficient (Wildman–Crippen LogP) is -0.202. The molecule has 0 radical (unpaired) electrons. The van der Waals surface area contributed by atoms with E-state index >= 15 is 0 Å². The third-order valence-electron chi connectivity index (χ3n) is 0.563. The Balaban J connectivity index is 0. The van der Waals surface area contributed by atoms with Gasteiger partial charge in [0.2, 0.25) is 0 Å². The topological polar surface area (TPSA) is 63.6 Å². The average Bonchev–Trinajstić information content (AvgIpc) is 1.83. The van der Waals surface area contributed by atoms with E-state index in [4.69, 9.17) is 5.11 Å². The molecule has 0 atom stereocenters. The molecule has 0 heterocycles. The van der Waals surface area contributed by atoms with Crippen molar-refractivity contribution in [2.24, 2.45) is 0 Å². The first-order chi connectivity index (χ1) is 4.16. The largest absolute Gasteiger partial charge is 0.478 e. The van der Waals surface area contributed by atoms with Gasteiger partial charge in [-0.25, -0.2) is 9.59 Å². The van der Waals surface area contributed by atoms with E-state index in [0.29, 0.717) is 6.08 Å². The molecular weight excluding hydrogens is 180 g/mol. The monoisotopic (exact) mass is 186 g/mol. The van der Waals surface area contributed by atoms with Crippen LogP contribution in [0.25, 0.3) is 0 Å². The Morgan fingerprint density at radius 2 is 1.90 bits per heavy atom. The zero-order valence-corrected chi connectivity index (χ0v) is 6.28. The Morgan fingerprint density at radius 3 is 2.20 bits per heavy atom. The maximum Gasteiger partial charge on any atom is 0.330 e. The minimum absolute atomic E-state index is 0. The number of esters is 1. The van der Waals surface area contributed by atoms with Crippen LogP contribution in [0.2, 0.25) is 0 Å². The van der Waals surface area contributed by atoms with Crippen LogP contribution in [0.4, 0.5) is 0 Å². The zero-order chi connectivity index (χ0) is 7.28. The maximum atomic E-state index is 10.1. The van der Waals surface area contributed by atoms with Crippen LogP contribution in [0.1, 0.15) is 0 Å². The van der Waals surface area contributed by atoms with Crippen LogP contribution in [0.5, 0.6) is 0 Å². The van der Waals surface area contributed by atoms with Gasteiger partial charge in [-0.05, 0) is 0 Å². The first kappa shape index (κ1) is 11.9. The van der Waals surface area contributed by atoms with Gasteiger partial charge >= 0.3 is 11.9 Å². The standard InChI is InChI=1S/C5H6O4.Fe/c1-9-5(8)3-2-4(6)7;/h2-3H,1H3,(H,6,7);/b3-2+;. The summed E-state index contributed by atoms with van der Waals surface area (Å²) in [5.74, 6) is -1.84. The summed E-state index contributed by atoms with van der Waals surface area (Å²) in [5.41, 5.74) is 0. The molecule has 0 aliphatic heterocycles. The van der Waals surface area contributed by atoms with Crippen molar-refractivity contribution in [2.75, 3.05) is 7.11 Å². The molecule has 0 aliphatic carbocycles.